The van der Waals surface area contributed by atoms with Gasteiger partial charge in [-0.1, -0.05) is 6.92 Å². The van der Waals surface area contributed by atoms with Crippen LogP contribution < -0.4 is 10.6 Å². The number of hydrogen-bond acceptors (Lipinski definition) is 4. The van der Waals surface area contributed by atoms with Gasteiger partial charge in [-0.25, -0.2) is 4.39 Å². The van der Waals surface area contributed by atoms with Crippen molar-refractivity contribution in [2.75, 3.05) is 32.1 Å². The first-order valence-electron chi connectivity index (χ1n) is 7.49. The van der Waals surface area contributed by atoms with Crippen LogP contribution in [0.2, 0.25) is 0 Å². The lowest BCUT2D eigenvalue weighted by Crippen LogP contribution is -2.39. The zero-order chi connectivity index (χ0) is 17.6. The second-order valence-corrected chi connectivity index (χ2v) is 5.55. The third-order valence-electron chi connectivity index (χ3n) is 3.42. The summed E-state index contributed by atoms with van der Waals surface area (Å²) < 4.78 is 13.1. The van der Waals surface area contributed by atoms with E-state index in [-0.39, 0.29) is 22.9 Å². The SMILES string of the molecule is CC/C(N)=C(\C(C)=O)C(=O)N(CCN(C)C)c1ccc(F)cc1. The smallest absolute Gasteiger partial charge is 0.263 e. The van der Waals surface area contributed by atoms with Crippen molar-refractivity contribution >= 4 is 17.4 Å². The van der Waals surface area contributed by atoms with Gasteiger partial charge in [-0.15, -0.1) is 0 Å². The first-order valence-corrected chi connectivity index (χ1v) is 7.49. The van der Waals surface area contributed by atoms with Gasteiger partial charge in [-0.05, 0) is 51.7 Å². The molecule has 0 heterocycles. The van der Waals surface area contributed by atoms with E-state index in [4.69, 9.17) is 5.73 Å². The number of amides is 1. The molecule has 0 aliphatic carbocycles. The monoisotopic (exact) mass is 321 g/mol. The van der Waals surface area contributed by atoms with E-state index in [9.17, 15) is 14.0 Å². The maximum Gasteiger partial charge on any atom is 0.263 e. The Labute approximate surface area is 136 Å². The molecule has 0 bridgehead atoms. The molecule has 0 aliphatic rings. The highest BCUT2D eigenvalue weighted by atomic mass is 19.1. The molecule has 0 aromatic heterocycles. The maximum absolute atomic E-state index is 13.1. The number of benzene rings is 1. The largest absolute Gasteiger partial charge is 0.401 e. The molecule has 0 saturated carbocycles. The van der Waals surface area contributed by atoms with Crippen LogP contribution in [0.5, 0.6) is 0 Å². The number of Topliss-reactive ketones (excluding diaryl/α,β-unsaturated/α-hetero) is 1. The van der Waals surface area contributed by atoms with Crippen LogP contribution in [-0.4, -0.2) is 43.8 Å². The summed E-state index contributed by atoms with van der Waals surface area (Å²) in [5.74, 6) is -1.21. The summed E-state index contributed by atoms with van der Waals surface area (Å²) >= 11 is 0. The highest BCUT2D eigenvalue weighted by Crippen LogP contribution is 2.19. The first-order chi connectivity index (χ1) is 10.8. The van der Waals surface area contributed by atoms with Gasteiger partial charge in [-0.3, -0.25) is 9.59 Å². The zero-order valence-corrected chi connectivity index (χ0v) is 14.1. The lowest BCUT2D eigenvalue weighted by Gasteiger charge is -2.25. The number of carbonyl (C=O) groups excluding carboxylic acids is 2. The van der Waals surface area contributed by atoms with Crippen molar-refractivity contribution in [1.29, 1.82) is 0 Å². The number of nitrogens with two attached hydrogens (primary N) is 1. The molecule has 2 N–H and O–H groups in total. The molecule has 23 heavy (non-hydrogen) atoms. The minimum atomic E-state index is -0.453. The van der Waals surface area contributed by atoms with E-state index in [2.05, 4.69) is 0 Å². The van der Waals surface area contributed by atoms with Crippen LogP contribution in [0.3, 0.4) is 0 Å². The molecular weight excluding hydrogens is 297 g/mol. The van der Waals surface area contributed by atoms with E-state index in [1.807, 2.05) is 19.0 Å². The highest BCUT2D eigenvalue weighted by molar-refractivity contribution is 6.24. The Kier molecular flexibility index (Phi) is 6.90. The topological polar surface area (TPSA) is 66.6 Å². The number of ketones is 1. The number of hydrogen-bond donors (Lipinski definition) is 1. The third-order valence-corrected chi connectivity index (χ3v) is 3.42. The molecule has 1 aromatic carbocycles. The second kappa shape index (κ2) is 8.43. The Morgan fingerprint density at radius 1 is 1.13 bits per heavy atom. The summed E-state index contributed by atoms with van der Waals surface area (Å²) in [6.45, 7) is 4.07. The van der Waals surface area contributed by atoms with E-state index in [0.29, 0.717) is 25.2 Å². The summed E-state index contributed by atoms with van der Waals surface area (Å²) in [4.78, 5) is 28.1. The number of halogens is 1. The molecule has 126 valence electrons. The van der Waals surface area contributed by atoms with Crippen LogP contribution in [0.1, 0.15) is 20.3 Å². The number of likely N-dealkylation sites (N-methyl/N-ethyl adjacent to an activating group) is 1. The van der Waals surface area contributed by atoms with Gasteiger partial charge in [0.15, 0.2) is 5.78 Å². The van der Waals surface area contributed by atoms with Crippen molar-refractivity contribution in [2.45, 2.75) is 20.3 Å². The molecule has 0 unspecified atom stereocenters. The van der Waals surface area contributed by atoms with E-state index < -0.39 is 5.91 Å². The molecule has 0 radical (unpaired) electrons. The molecule has 1 rings (SSSR count). The summed E-state index contributed by atoms with van der Waals surface area (Å²) in [6.07, 6.45) is 0.408. The molecule has 0 fully saturated rings. The molecule has 5 nitrogen and oxygen atoms in total. The lowest BCUT2D eigenvalue weighted by molar-refractivity contribution is -0.120. The fourth-order valence-electron chi connectivity index (χ4n) is 2.09. The van der Waals surface area contributed by atoms with Crippen LogP contribution in [0.25, 0.3) is 0 Å². The van der Waals surface area contributed by atoms with Gasteiger partial charge in [0.25, 0.3) is 5.91 Å². The minimum absolute atomic E-state index is 0.00409. The molecule has 0 spiro atoms. The number of nitrogens with zero attached hydrogens (tertiary/aromatic N) is 2. The van der Waals surface area contributed by atoms with Gasteiger partial charge in [0.2, 0.25) is 0 Å². The average Bonchev–Trinajstić information content (AvgIpc) is 2.48. The summed E-state index contributed by atoms with van der Waals surface area (Å²) in [6, 6.07) is 5.60. The Morgan fingerprint density at radius 2 is 1.70 bits per heavy atom. The predicted octanol–water partition coefficient (Wildman–Crippen LogP) is 1.93. The van der Waals surface area contributed by atoms with Crippen molar-refractivity contribution in [3.63, 3.8) is 0 Å². The van der Waals surface area contributed by atoms with Crippen molar-refractivity contribution in [2.24, 2.45) is 5.73 Å². The van der Waals surface area contributed by atoms with Crippen LogP contribution >= 0.6 is 0 Å². The van der Waals surface area contributed by atoms with E-state index in [1.165, 1.54) is 36.1 Å². The quantitative estimate of drug-likeness (QED) is 0.473. The van der Waals surface area contributed by atoms with Crippen LogP contribution in [0, 0.1) is 5.82 Å². The predicted molar refractivity (Wildman–Crippen MR) is 89.5 cm³/mol. The van der Waals surface area contributed by atoms with Crippen LogP contribution in [-0.2, 0) is 9.59 Å². The van der Waals surface area contributed by atoms with Gasteiger partial charge in [-0.2, -0.15) is 0 Å². The van der Waals surface area contributed by atoms with Gasteiger partial charge in [0.1, 0.15) is 11.4 Å². The fourth-order valence-corrected chi connectivity index (χ4v) is 2.09. The van der Waals surface area contributed by atoms with Gasteiger partial charge >= 0.3 is 0 Å². The normalized spacial score (nSPS) is 12.1. The molecule has 0 aliphatic heterocycles. The van der Waals surface area contributed by atoms with Gasteiger partial charge in [0, 0.05) is 24.5 Å². The van der Waals surface area contributed by atoms with Crippen LogP contribution in [0.4, 0.5) is 10.1 Å². The van der Waals surface area contributed by atoms with Gasteiger partial charge in [0.05, 0.1) is 0 Å². The van der Waals surface area contributed by atoms with Crippen molar-refractivity contribution in [3.05, 3.63) is 41.4 Å². The summed E-state index contributed by atoms with van der Waals surface area (Å²) in [5, 5.41) is 0. The molecule has 0 atom stereocenters. The standard InChI is InChI=1S/C17H24FN3O2/c1-5-15(19)16(12(2)22)17(23)21(11-10-20(3)4)14-8-6-13(18)7-9-14/h6-9H,5,10-11,19H2,1-4H3/b16-15-. The number of anilines is 1. The molecular formula is C17H24FN3O2. The Bertz CT molecular complexity index is 594. The third kappa shape index (κ3) is 5.17. The number of rotatable bonds is 7. The van der Waals surface area contributed by atoms with E-state index in [0.717, 1.165) is 0 Å². The Hall–Kier alpha value is -2.21. The van der Waals surface area contributed by atoms with E-state index in [1.54, 1.807) is 6.92 Å². The lowest BCUT2D eigenvalue weighted by atomic mass is 10.1. The Balaban J connectivity index is 3.24. The second-order valence-electron chi connectivity index (χ2n) is 5.55. The van der Waals surface area contributed by atoms with Crippen LogP contribution in [0.15, 0.2) is 35.5 Å². The summed E-state index contributed by atoms with van der Waals surface area (Å²) in [7, 11) is 3.77. The van der Waals surface area contributed by atoms with E-state index >= 15 is 0 Å². The first kappa shape index (κ1) is 18.8. The molecule has 6 heteroatoms. The fraction of sp³-hybridized carbons (Fsp3) is 0.412. The molecule has 1 aromatic rings. The maximum atomic E-state index is 13.1. The number of carbonyl (C=O) groups is 2. The van der Waals surface area contributed by atoms with Crippen molar-refractivity contribution in [1.82, 2.24) is 4.90 Å². The average molecular weight is 321 g/mol. The Morgan fingerprint density at radius 3 is 2.13 bits per heavy atom. The van der Waals surface area contributed by atoms with Crippen molar-refractivity contribution < 1.29 is 14.0 Å². The summed E-state index contributed by atoms with van der Waals surface area (Å²) in [5.41, 5.74) is 6.64. The minimum Gasteiger partial charge on any atom is -0.401 e. The van der Waals surface area contributed by atoms with Crippen molar-refractivity contribution in [3.8, 4) is 0 Å². The highest BCUT2D eigenvalue weighted by Gasteiger charge is 2.25. The molecule has 1 amide bonds. The molecule has 0 saturated heterocycles. The van der Waals surface area contributed by atoms with Gasteiger partial charge < -0.3 is 15.5 Å². The number of allylic oxidation sites excluding steroid dienone is 1. The zero-order valence-electron chi connectivity index (χ0n) is 14.1.